The number of hydrogen-bond acceptors (Lipinski definition) is 5. The van der Waals surface area contributed by atoms with Gasteiger partial charge in [0.15, 0.2) is 0 Å². The zero-order valence-corrected chi connectivity index (χ0v) is 16.2. The maximum atomic E-state index is 11.9. The normalized spacial score (nSPS) is 15.5. The van der Waals surface area contributed by atoms with Crippen LogP contribution in [0.15, 0.2) is 24.3 Å². The minimum absolute atomic E-state index is 0.101. The lowest BCUT2D eigenvalue weighted by Gasteiger charge is -2.21. The molecule has 1 N–H and O–H groups in total. The van der Waals surface area contributed by atoms with Gasteiger partial charge in [-0.15, -0.1) is 23.1 Å². The number of benzene rings is 1. The number of thiazole rings is 1. The molecular weight excluding hydrogens is 352 g/mol. The number of fused-ring (bicyclic) bond motifs is 1. The molecule has 1 aromatic heterocycles. The van der Waals surface area contributed by atoms with Crippen molar-refractivity contribution in [3.63, 3.8) is 0 Å². The molecule has 6 heteroatoms. The van der Waals surface area contributed by atoms with Crippen LogP contribution in [0.1, 0.15) is 43.5 Å². The van der Waals surface area contributed by atoms with Crippen LogP contribution in [0, 0.1) is 0 Å². The van der Waals surface area contributed by atoms with E-state index < -0.39 is 0 Å². The van der Waals surface area contributed by atoms with E-state index in [0.29, 0.717) is 18.4 Å². The number of aromatic nitrogens is 1. The molecule has 136 valence electrons. The maximum Gasteiger partial charge on any atom is 0.230 e. The highest BCUT2D eigenvalue weighted by molar-refractivity contribution is 7.99. The fraction of sp³-hybridized carbons (Fsp3) is 0.579. The van der Waals surface area contributed by atoms with Crippen LogP contribution in [-0.4, -0.2) is 35.9 Å². The van der Waals surface area contributed by atoms with Crippen LogP contribution < -0.4 is 5.32 Å². The highest BCUT2D eigenvalue weighted by Crippen LogP contribution is 2.24. The Morgan fingerprint density at radius 3 is 2.96 bits per heavy atom. The number of hydrogen-bond donors (Lipinski definition) is 1. The van der Waals surface area contributed by atoms with E-state index in [-0.39, 0.29) is 5.91 Å². The van der Waals surface area contributed by atoms with Gasteiger partial charge in [0.25, 0.3) is 0 Å². The van der Waals surface area contributed by atoms with Gasteiger partial charge in [-0.1, -0.05) is 31.4 Å². The summed E-state index contributed by atoms with van der Waals surface area (Å²) in [6.07, 6.45) is 7.70. The molecule has 3 rings (SSSR count). The Labute approximate surface area is 157 Å². The second-order valence-corrected chi connectivity index (χ2v) is 8.50. The standard InChI is InChI=1S/C19H26N2O2S2/c22-18(20-11-6-12-23-15-7-2-1-3-8-15)13-24-14-19-21-16-9-4-5-10-17(16)25-19/h4-5,9-10,15H,1-3,6-8,11-14H2,(H,20,22). The van der Waals surface area contributed by atoms with Gasteiger partial charge < -0.3 is 10.1 Å². The molecule has 1 fully saturated rings. The number of nitrogens with zero attached hydrogens (tertiary/aromatic N) is 1. The molecule has 0 radical (unpaired) electrons. The summed E-state index contributed by atoms with van der Waals surface area (Å²) in [4.78, 5) is 16.5. The van der Waals surface area contributed by atoms with Crippen LogP contribution in [0.4, 0.5) is 0 Å². The topological polar surface area (TPSA) is 51.2 Å². The number of para-hydroxylation sites is 1. The van der Waals surface area contributed by atoms with Gasteiger partial charge in [0, 0.05) is 18.9 Å². The largest absolute Gasteiger partial charge is 0.378 e. The molecule has 25 heavy (non-hydrogen) atoms. The lowest BCUT2D eigenvalue weighted by Crippen LogP contribution is -2.27. The number of carbonyl (C=O) groups excluding carboxylic acids is 1. The first-order chi connectivity index (χ1) is 12.3. The Balaban J connectivity index is 1.24. The van der Waals surface area contributed by atoms with Gasteiger partial charge in [-0.05, 0) is 31.4 Å². The van der Waals surface area contributed by atoms with E-state index >= 15 is 0 Å². The van der Waals surface area contributed by atoms with Gasteiger partial charge in [0.1, 0.15) is 5.01 Å². The van der Waals surface area contributed by atoms with Gasteiger partial charge in [-0.3, -0.25) is 4.79 Å². The molecule has 0 aliphatic heterocycles. The van der Waals surface area contributed by atoms with Gasteiger partial charge in [-0.25, -0.2) is 4.98 Å². The fourth-order valence-corrected chi connectivity index (χ4v) is 4.92. The van der Waals surface area contributed by atoms with E-state index in [0.717, 1.165) is 29.3 Å². The molecule has 1 heterocycles. The summed E-state index contributed by atoms with van der Waals surface area (Å²) in [6, 6.07) is 8.15. The van der Waals surface area contributed by atoms with Gasteiger partial charge in [0.2, 0.25) is 5.91 Å². The smallest absolute Gasteiger partial charge is 0.230 e. The number of amides is 1. The molecule has 2 aromatic rings. The zero-order valence-electron chi connectivity index (χ0n) is 14.5. The molecular formula is C19H26N2O2S2. The van der Waals surface area contributed by atoms with Crippen molar-refractivity contribution in [1.29, 1.82) is 0 Å². The predicted molar refractivity (Wildman–Crippen MR) is 106 cm³/mol. The van der Waals surface area contributed by atoms with E-state index in [4.69, 9.17) is 4.74 Å². The lowest BCUT2D eigenvalue weighted by molar-refractivity contribution is -0.118. The summed E-state index contributed by atoms with van der Waals surface area (Å²) in [5, 5.41) is 4.06. The van der Waals surface area contributed by atoms with E-state index in [2.05, 4.69) is 16.4 Å². The Hall–Kier alpha value is -1.11. The summed E-state index contributed by atoms with van der Waals surface area (Å²) in [5.41, 5.74) is 1.05. The van der Waals surface area contributed by atoms with Crippen LogP contribution in [0.2, 0.25) is 0 Å². The minimum atomic E-state index is 0.101. The third kappa shape index (κ3) is 6.28. The van der Waals surface area contributed by atoms with Crippen molar-refractivity contribution in [2.75, 3.05) is 18.9 Å². The number of carbonyl (C=O) groups is 1. The molecule has 1 saturated carbocycles. The number of nitrogens with one attached hydrogen (secondary N) is 1. The molecule has 1 aliphatic carbocycles. The van der Waals surface area contributed by atoms with Crippen molar-refractivity contribution in [3.05, 3.63) is 29.3 Å². The molecule has 0 bridgehead atoms. The molecule has 0 spiro atoms. The molecule has 4 nitrogen and oxygen atoms in total. The van der Waals surface area contributed by atoms with Crippen LogP contribution >= 0.6 is 23.1 Å². The molecule has 1 aliphatic rings. The molecule has 0 unspecified atom stereocenters. The van der Waals surface area contributed by atoms with E-state index in [9.17, 15) is 4.79 Å². The Bertz CT molecular complexity index is 635. The van der Waals surface area contributed by atoms with Crippen LogP contribution in [-0.2, 0) is 15.3 Å². The first-order valence-corrected chi connectivity index (χ1v) is 11.1. The average Bonchev–Trinajstić information content (AvgIpc) is 3.05. The highest BCUT2D eigenvalue weighted by Gasteiger charge is 2.13. The van der Waals surface area contributed by atoms with Crippen molar-refractivity contribution >= 4 is 39.2 Å². The second kappa shape index (κ2) is 10.1. The molecule has 1 amide bonds. The number of rotatable bonds is 9. The van der Waals surface area contributed by atoms with Crippen molar-refractivity contribution in [1.82, 2.24) is 10.3 Å². The Morgan fingerprint density at radius 1 is 1.28 bits per heavy atom. The first-order valence-electron chi connectivity index (χ1n) is 9.12. The maximum absolute atomic E-state index is 11.9. The number of thioether (sulfide) groups is 1. The molecule has 0 atom stereocenters. The van der Waals surface area contributed by atoms with Gasteiger partial charge >= 0.3 is 0 Å². The van der Waals surface area contributed by atoms with Crippen LogP contribution in [0.3, 0.4) is 0 Å². The van der Waals surface area contributed by atoms with Crippen molar-refractivity contribution in [2.24, 2.45) is 0 Å². The summed E-state index contributed by atoms with van der Waals surface area (Å²) in [7, 11) is 0. The van der Waals surface area contributed by atoms with E-state index in [1.54, 1.807) is 23.1 Å². The number of ether oxygens (including phenoxy) is 1. The van der Waals surface area contributed by atoms with Gasteiger partial charge in [0.05, 0.1) is 22.1 Å². The highest BCUT2D eigenvalue weighted by atomic mass is 32.2. The summed E-state index contributed by atoms with van der Waals surface area (Å²) in [6.45, 7) is 1.46. The summed E-state index contributed by atoms with van der Waals surface area (Å²) < 4.78 is 7.08. The van der Waals surface area contributed by atoms with Crippen molar-refractivity contribution in [2.45, 2.75) is 50.4 Å². The fourth-order valence-electron chi connectivity index (χ4n) is 3.05. The predicted octanol–water partition coefficient (Wildman–Crippen LogP) is 4.39. The van der Waals surface area contributed by atoms with Crippen LogP contribution in [0.5, 0.6) is 0 Å². The Morgan fingerprint density at radius 2 is 2.12 bits per heavy atom. The Kier molecular flexibility index (Phi) is 7.57. The zero-order chi connectivity index (χ0) is 17.3. The van der Waals surface area contributed by atoms with Crippen LogP contribution in [0.25, 0.3) is 10.2 Å². The summed E-state index contributed by atoms with van der Waals surface area (Å²) >= 11 is 3.33. The van der Waals surface area contributed by atoms with Crippen molar-refractivity contribution in [3.8, 4) is 0 Å². The third-order valence-corrected chi connectivity index (χ3v) is 6.51. The second-order valence-electron chi connectivity index (χ2n) is 6.40. The van der Waals surface area contributed by atoms with E-state index in [1.807, 2.05) is 18.2 Å². The summed E-state index contributed by atoms with van der Waals surface area (Å²) in [5.74, 6) is 1.38. The van der Waals surface area contributed by atoms with E-state index in [1.165, 1.54) is 36.8 Å². The van der Waals surface area contributed by atoms with Gasteiger partial charge in [-0.2, -0.15) is 0 Å². The monoisotopic (exact) mass is 378 g/mol. The average molecular weight is 379 g/mol. The quantitative estimate of drug-likeness (QED) is 0.658. The van der Waals surface area contributed by atoms with Crippen molar-refractivity contribution < 1.29 is 9.53 Å². The SMILES string of the molecule is O=C(CSCc1nc2ccccc2s1)NCCCOC1CCCCC1. The third-order valence-electron chi connectivity index (χ3n) is 4.35. The molecule has 1 aromatic carbocycles. The molecule has 0 saturated heterocycles. The lowest BCUT2D eigenvalue weighted by atomic mass is 9.98. The minimum Gasteiger partial charge on any atom is -0.378 e. The first kappa shape index (κ1) is 18.7.